The lowest BCUT2D eigenvalue weighted by atomic mass is 10.1. The van der Waals surface area contributed by atoms with Crippen molar-refractivity contribution in [2.24, 2.45) is 4.99 Å². The Bertz CT molecular complexity index is 1140. The molecule has 2 aromatic carbocycles. The number of nitrogens with zero attached hydrogens (tertiary/aromatic N) is 3. The Morgan fingerprint density at radius 3 is 2.65 bits per heavy atom. The summed E-state index contributed by atoms with van der Waals surface area (Å²) < 4.78 is 29.3. The first kappa shape index (κ1) is 26.2. The molecule has 4 N–H and O–H groups in total. The van der Waals surface area contributed by atoms with Gasteiger partial charge in [0.2, 0.25) is 6.41 Å². The molecule has 2 aromatic rings. The number of halogens is 2. The number of hydrogen-bond acceptors (Lipinski definition) is 5. The van der Waals surface area contributed by atoms with Crippen molar-refractivity contribution in [3.63, 3.8) is 0 Å². The van der Waals surface area contributed by atoms with Crippen molar-refractivity contribution >= 4 is 29.8 Å². The fourth-order valence-electron chi connectivity index (χ4n) is 3.39. The third kappa shape index (κ3) is 6.72. The van der Waals surface area contributed by atoms with Gasteiger partial charge in [0.05, 0.1) is 11.3 Å². The molecule has 0 aliphatic rings. The number of aliphatic imine (C=N–C) groups is 1. The van der Waals surface area contributed by atoms with Gasteiger partial charge in [-0.25, -0.2) is 8.78 Å². The topological polar surface area (TPSA) is 118 Å². The summed E-state index contributed by atoms with van der Waals surface area (Å²) in [6.07, 6.45) is 7.26. The molecule has 9 heteroatoms. The van der Waals surface area contributed by atoms with Gasteiger partial charge in [0.15, 0.2) is 0 Å². The monoisotopic (exact) mass is 466 g/mol. The molecule has 0 aliphatic carbocycles. The molecule has 0 radical (unpaired) electrons. The first-order valence-electron chi connectivity index (χ1n) is 10.8. The normalized spacial score (nSPS) is 11.3. The summed E-state index contributed by atoms with van der Waals surface area (Å²) in [5, 5.41) is 20.4. The van der Waals surface area contributed by atoms with E-state index >= 15 is 4.39 Å². The number of carbonyl (C=O) groups excluding carboxylic acids is 1. The van der Waals surface area contributed by atoms with Gasteiger partial charge < -0.3 is 11.1 Å². The molecular formula is C25H28F2N6O. The van der Waals surface area contributed by atoms with Crippen LogP contribution in [0.5, 0.6) is 0 Å². The Kier molecular flexibility index (Phi) is 9.90. The smallest absolute Gasteiger partial charge is 0.207 e. The van der Waals surface area contributed by atoms with E-state index in [1.54, 1.807) is 20.0 Å². The van der Waals surface area contributed by atoms with Crippen LogP contribution in [-0.4, -0.2) is 32.1 Å². The number of anilines is 2. The molecule has 0 fully saturated rings. The highest BCUT2D eigenvalue weighted by atomic mass is 19.1. The highest BCUT2D eigenvalue weighted by Crippen LogP contribution is 2.30. The second-order valence-electron chi connectivity index (χ2n) is 7.58. The zero-order chi connectivity index (χ0) is 25.1. The summed E-state index contributed by atoms with van der Waals surface area (Å²) in [7, 11) is 1.57. The highest BCUT2D eigenvalue weighted by Gasteiger charge is 2.22. The van der Waals surface area contributed by atoms with Crippen molar-refractivity contribution in [1.82, 2.24) is 5.32 Å². The number of nitrogens with one attached hydrogen (secondary N) is 2. The first-order chi connectivity index (χ1) is 16.3. The lowest BCUT2D eigenvalue weighted by molar-refractivity contribution is -0.109. The van der Waals surface area contributed by atoms with E-state index in [4.69, 9.17) is 16.4 Å². The van der Waals surface area contributed by atoms with E-state index in [1.165, 1.54) is 35.4 Å². The van der Waals surface area contributed by atoms with Crippen LogP contribution in [0.15, 0.2) is 47.1 Å². The SMILES string of the molecule is CN=Cc1cc(N(C(=N)c2ccc(C#N)c(F)c2)/C(C)=C/CCCCCNC=O)c(F)cc1N. The zero-order valence-electron chi connectivity index (χ0n) is 19.2. The number of hydrogen-bond donors (Lipinski definition) is 3. The molecule has 0 aliphatic heterocycles. The summed E-state index contributed by atoms with van der Waals surface area (Å²) >= 11 is 0. The predicted octanol–water partition coefficient (Wildman–Crippen LogP) is 4.51. The van der Waals surface area contributed by atoms with E-state index in [-0.39, 0.29) is 28.3 Å². The van der Waals surface area contributed by atoms with Crippen LogP contribution < -0.4 is 16.0 Å². The van der Waals surface area contributed by atoms with E-state index in [0.29, 0.717) is 30.6 Å². The minimum Gasteiger partial charge on any atom is -0.398 e. The molecule has 34 heavy (non-hydrogen) atoms. The summed E-state index contributed by atoms with van der Waals surface area (Å²) in [6, 6.07) is 8.24. The highest BCUT2D eigenvalue weighted by molar-refractivity contribution is 6.10. The van der Waals surface area contributed by atoms with Gasteiger partial charge in [0.25, 0.3) is 0 Å². The van der Waals surface area contributed by atoms with E-state index in [9.17, 15) is 9.18 Å². The molecular weight excluding hydrogens is 438 g/mol. The number of nitriles is 1. The summed E-state index contributed by atoms with van der Waals surface area (Å²) in [5.41, 5.74) is 7.29. The fourth-order valence-corrected chi connectivity index (χ4v) is 3.39. The molecule has 0 aromatic heterocycles. The van der Waals surface area contributed by atoms with Gasteiger partial charge in [-0.1, -0.05) is 12.5 Å². The van der Waals surface area contributed by atoms with Crippen LogP contribution in [0.1, 0.15) is 49.3 Å². The summed E-state index contributed by atoms with van der Waals surface area (Å²) in [5.74, 6) is -1.56. The van der Waals surface area contributed by atoms with Crippen LogP contribution in [0.4, 0.5) is 20.2 Å². The van der Waals surface area contributed by atoms with Crippen molar-refractivity contribution in [2.75, 3.05) is 24.2 Å². The van der Waals surface area contributed by atoms with Gasteiger partial charge in [-0.3, -0.25) is 20.1 Å². The fraction of sp³-hybridized carbons (Fsp3) is 0.280. The van der Waals surface area contributed by atoms with E-state index < -0.39 is 11.6 Å². The summed E-state index contributed by atoms with van der Waals surface area (Å²) in [4.78, 5) is 15.6. The Hall–Kier alpha value is -4.06. The molecule has 0 saturated heterocycles. The van der Waals surface area contributed by atoms with Crippen molar-refractivity contribution in [3.8, 4) is 6.07 Å². The number of amidine groups is 1. The maximum absolute atomic E-state index is 15.1. The first-order valence-corrected chi connectivity index (χ1v) is 10.8. The molecule has 0 heterocycles. The predicted molar refractivity (Wildman–Crippen MR) is 131 cm³/mol. The number of amides is 1. The number of nitrogen functional groups attached to an aromatic ring is 1. The Morgan fingerprint density at radius 2 is 2.00 bits per heavy atom. The van der Waals surface area contributed by atoms with Gasteiger partial charge in [0.1, 0.15) is 23.5 Å². The molecule has 2 rings (SSSR count). The maximum atomic E-state index is 15.1. The van der Waals surface area contributed by atoms with Crippen LogP contribution in [-0.2, 0) is 4.79 Å². The average Bonchev–Trinajstić information content (AvgIpc) is 2.81. The van der Waals surface area contributed by atoms with Gasteiger partial charge in [-0.05, 0) is 56.5 Å². The van der Waals surface area contributed by atoms with Gasteiger partial charge >= 0.3 is 0 Å². The van der Waals surface area contributed by atoms with Crippen molar-refractivity contribution in [3.05, 3.63) is 70.4 Å². The van der Waals surface area contributed by atoms with Crippen LogP contribution >= 0.6 is 0 Å². The molecule has 7 nitrogen and oxygen atoms in total. The van der Waals surface area contributed by atoms with Gasteiger partial charge in [-0.2, -0.15) is 5.26 Å². The largest absolute Gasteiger partial charge is 0.398 e. The minimum absolute atomic E-state index is 0.0720. The molecule has 0 saturated carbocycles. The third-order valence-corrected chi connectivity index (χ3v) is 5.15. The summed E-state index contributed by atoms with van der Waals surface area (Å²) in [6.45, 7) is 2.34. The van der Waals surface area contributed by atoms with Crippen LogP contribution in [0.3, 0.4) is 0 Å². The van der Waals surface area contributed by atoms with Crippen LogP contribution in [0, 0.1) is 28.4 Å². The number of benzene rings is 2. The molecule has 0 atom stereocenters. The van der Waals surface area contributed by atoms with Crippen LogP contribution in [0.2, 0.25) is 0 Å². The second kappa shape index (κ2) is 12.8. The van der Waals surface area contributed by atoms with Crippen molar-refractivity contribution in [2.45, 2.75) is 32.6 Å². The van der Waals surface area contributed by atoms with E-state index in [0.717, 1.165) is 25.3 Å². The Morgan fingerprint density at radius 1 is 1.24 bits per heavy atom. The van der Waals surface area contributed by atoms with E-state index in [2.05, 4.69) is 10.3 Å². The third-order valence-electron chi connectivity index (χ3n) is 5.15. The Labute approximate surface area is 198 Å². The molecule has 1 amide bonds. The van der Waals surface area contributed by atoms with Gasteiger partial charge in [-0.15, -0.1) is 0 Å². The molecule has 0 bridgehead atoms. The minimum atomic E-state index is -0.758. The second-order valence-corrected chi connectivity index (χ2v) is 7.58. The number of allylic oxidation sites excluding steroid dienone is 2. The zero-order valence-corrected chi connectivity index (χ0v) is 19.2. The number of unbranched alkanes of at least 4 members (excludes halogenated alkanes) is 3. The lowest BCUT2D eigenvalue weighted by Crippen LogP contribution is -2.30. The quantitative estimate of drug-likeness (QED) is 0.148. The van der Waals surface area contributed by atoms with E-state index in [1.807, 2.05) is 6.08 Å². The molecule has 178 valence electrons. The number of rotatable bonds is 11. The van der Waals surface area contributed by atoms with Crippen molar-refractivity contribution in [1.29, 1.82) is 10.7 Å². The van der Waals surface area contributed by atoms with Crippen LogP contribution in [0.25, 0.3) is 0 Å². The molecule has 0 spiro atoms. The standard InChI is InChI=1S/C25H28F2N6O/c1-17(7-5-3-4-6-10-32-16-34)33(24-12-20(15-31-2)23(29)13-22(24)27)25(30)18-8-9-19(14-28)21(26)11-18/h7-9,11-13,15-16,30H,3-6,10,29H2,1-2H3,(H,32,34)/b17-7+,30-25?,31-15?. The maximum Gasteiger partial charge on any atom is 0.207 e. The Balaban J connectivity index is 2.43. The average molecular weight is 467 g/mol. The van der Waals surface area contributed by atoms with Gasteiger partial charge in [0, 0.05) is 42.3 Å². The van der Waals surface area contributed by atoms with Crippen molar-refractivity contribution < 1.29 is 13.6 Å². The molecule has 0 unspecified atom stereocenters. The lowest BCUT2D eigenvalue weighted by Gasteiger charge is -2.27. The number of nitrogens with two attached hydrogens (primary N) is 1. The number of carbonyl (C=O) groups is 1.